The number of para-hydroxylation sites is 1. The van der Waals surface area contributed by atoms with Crippen LogP contribution in [0.2, 0.25) is 0 Å². The monoisotopic (exact) mass is 287 g/mol. The summed E-state index contributed by atoms with van der Waals surface area (Å²) in [7, 11) is 0. The third-order valence-electron chi connectivity index (χ3n) is 4.24. The first-order valence-electron chi connectivity index (χ1n) is 7.65. The van der Waals surface area contributed by atoms with Crippen LogP contribution in [0.4, 0.5) is 5.69 Å². The highest BCUT2D eigenvalue weighted by molar-refractivity contribution is 5.98. The van der Waals surface area contributed by atoms with Crippen LogP contribution in [0.5, 0.6) is 0 Å². The van der Waals surface area contributed by atoms with Crippen molar-refractivity contribution in [3.05, 3.63) is 30.3 Å². The average Bonchev–Trinajstić information content (AvgIpc) is 3.19. The zero-order valence-corrected chi connectivity index (χ0v) is 12.0. The van der Waals surface area contributed by atoms with E-state index in [2.05, 4.69) is 10.6 Å². The van der Waals surface area contributed by atoms with E-state index in [0.717, 1.165) is 37.9 Å². The number of hydrogen-bond acceptors (Lipinski definition) is 3. The third kappa shape index (κ3) is 3.08. The van der Waals surface area contributed by atoms with Crippen molar-refractivity contribution in [1.82, 2.24) is 10.2 Å². The molecule has 2 amide bonds. The van der Waals surface area contributed by atoms with Gasteiger partial charge in [0.15, 0.2) is 0 Å². The summed E-state index contributed by atoms with van der Waals surface area (Å²) >= 11 is 0. The second-order valence-corrected chi connectivity index (χ2v) is 5.69. The lowest BCUT2D eigenvalue weighted by Crippen LogP contribution is -2.49. The molecule has 1 aromatic carbocycles. The molecule has 3 rings (SSSR count). The third-order valence-corrected chi connectivity index (χ3v) is 4.24. The van der Waals surface area contributed by atoms with Gasteiger partial charge >= 0.3 is 0 Å². The predicted molar refractivity (Wildman–Crippen MR) is 80.8 cm³/mol. The molecule has 2 saturated heterocycles. The molecule has 2 aliphatic rings. The van der Waals surface area contributed by atoms with E-state index < -0.39 is 0 Å². The Labute approximate surface area is 124 Å². The van der Waals surface area contributed by atoms with Gasteiger partial charge in [-0.1, -0.05) is 18.2 Å². The Kier molecular flexibility index (Phi) is 4.20. The van der Waals surface area contributed by atoms with Crippen molar-refractivity contribution in [1.29, 1.82) is 0 Å². The number of benzene rings is 1. The lowest BCUT2D eigenvalue weighted by Gasteiger charge is -2.26. The molecule has 5 heteroatoms. The Hall–Kier alpha value is -1.88. The quantitative estimate of drug-likeness (QED) is 0.882. The van der Waals surface area contributed by atoms with E-state index in [0.29, 0.717) is 6.54 Å². The fourth-order valence-electron chi connectivity index (χ4n) is 3.15. The number of carbonyl (C=O) groups excluding carboxylic acids is 2. The van der Waals surface area contributed by atoms with Gasteiger partial charge in [0.05, 0.1) is 6.04 Å². The predicted octanol–water partition coefficient (Wildman–Crippen LogP) is 1.37. The van der Waals surface area contributed by atoms with Gasteiger partial charge in [0, 0.05) is 12.2 Å². The number of nitrogens with one attached hydrogen (secondary N) is 2. The first kappa shape index (κ1) is 14.1. The van der Waals surface area contributed by atoms with Crippen LogP contribution in [-0.2, 0) is 9.59 Å². The number of anilines is 1. The molecule has 0 spiro atoms. The van der Waals surface area contributed by atoms with Crippen molar-refractivity contribution in [2.24, 2.45) is 0 Å². The highest BCUT2D eigenvalue weighted by atomic mass is 16.2. The zero-order chi connectivity index (χ0) is 14.7. The highest BCUT2D eigenvalue weighted by Gasteiger charge is 2.37. The van der Waals surface area contributed by atoms with E-state index >= 15 is 0 Å². The summed E-state index contributed by atoms with van der Waals surface area (Å²) < 4.78 is 0. The van der Waals surface area contributed by atoms with E-state index in [9.17, 15) is 9.59 Å². The lowest BCUT2D eigenvalue weighted by atomic mass is 10.1. The number of likely N-dealkylation sites (tertiary alicyclic amines) is 1. The minimum absolute atomic E-state index is 0.0787. The van der Waals surface area contributed by atoms with Gasteiger partial charge < -0.3 is 15.5 Å². The highest BCUT2D eigenvalue weighted by Crippen LogP contribution is 2.22. The van der Waals surface area contributed by atoms with Crippen LogP contribution in [0, 0.1) is 0 Å². The topological polar surface area (TPSA) is 61.4 Å². The number of amides is 2. The Morgan fingerprint density at radius 3 is 2.67 bits per heavy atom. The van der Waals surface area contributed by atoms with Crippen molar-refractivity contribution in [3.63, 3.8) is 0 Å². The Bertz CT molecular complexity index is 512. The van der Waals surface area contributed by atoms with Crippen LogP contribution in [0.25, 0.3) is 0 Å². The van der Waals surface area contributed by atoms with Crippen LogP contribution >= 0.6 is 0 Å². The Balaban J connectivity index is 1.65. The maximum atomic E-state index is 12.5. The standard InChI is InChI=1S/C16H21N3O2/c20-15(18-12-6-2-1-3-7-12)14-9-5-11-19(14)16(21)13-8-4-10-17-13/h1-3,6-7,13-14,17H,4-5,8-11H2,(H,18,20)/t13-,14-/m0/s1. The van der Waals surface area contributed by atoms with Crippen LogP contribution in [-0.4, -0.2) is 41.9 Å². The summed E-state index contributed by atoms with van der Waals surface area (Å²) in [6.45, 7) is 1.58. The second-order valence-electron chi connectivity index (χ2n) is 5.69. The summed E-state index contributed by atoms with van der Waals surface area (Å²) in [5.74, 6) is 0.00302. The van der Waals surface area contributed by atoms with Gasteiger partial charge in [-0.3, -0.25) is 9.59 Å². The minimum Gasteiger partial charge on any atom is -0.329 e. The van der Waals surface area contributed by atoms with Gasteiger partial charge in [-0.25, -0.2) is 0 Å². The molecule has 2 N–H and O–H groups in total. The second kappa shape index (κ2) is 6.26. The number of carbonyl (C=O) groups is 2. The molecular formula is C16H21N3O2. The lowest BCUT2D eigenvalue weighted by molar-refractivity contribution is -0.138. The average molecular weight is 287 g/mol. The van der Waals surface area contributed by atoms with Crippen molar-refractivity contribution in [2.75, 3.05) is 18.4 Å². The van der Waals surface area contributed by atoms with Gasteiger partial charge in [0.1, 0.15) is 6.04 Å². The molecular weight excluding hydrogens is 266 g/mol. The van der Waals surface area contributed by atoms with E-state index in [1.165, 1.54) is 0 Å². The van der Waals surface area contributed by atoms with Crippen molar-refractivity contribution in [2.45, 2.75) is 37.8 Å². The summed E-state index contributed by atoms with van der Waals surface area (Å²) in [5.41, 5.74) is 0.779. The fourth-order valence-corrected chi connectivity index (χ4v) is 3.15. The molecule has 0 aliphatic carbocycles. The van der Waals surface area contributed by atoms with E-state index in [1.54, 1.807) is 4.90 Å². The number of nitrogens with zero attached hydrogens (tertiary/aromatic N) is 1. The van der Waals surface area contributed by atoms with Crippen LogP contribution < -0.4 is 10.6 Å². The molecule has 0 bridgehead atoms. The Morgan fingerprint density at radius 1 is 1.14 bits per heavy atom. The molecule has 0 radical (unpaired) electrons. The van der Waals surface area contributed by atoms with Crippen LogP contribution in [0.1, 0.15) is 25.7 Å². The van der Waals surface area contributed by atoms with Gasteiger partial charge in [-0.05, 0) is 44.4 Å². The van der Waals surface area contributed by atoms with Gasteiger partial charge in [0.25, 0.3) is 0 Å². The normalized spacial score (nSPS) is 25.0. The van der Waals surface area contributed by atoms with Crippen molar-refractivity contribution < 1.29 is 9.59 Å². The van der Waals surface area contributed by atoms with E-state index in [4.69, 9.17) is 0 Å². The fraction of sp³-hybridized carbons (Fsp3) is 0.500. The first-order chi connectivity index (χ1) is 10.3. The van der Waals surface area contributed by atoms with Gasteiger partial charge in [-0.2, -0.15) is 0 Å². The van der Waals surface area contributed by atoms with Gasteiger partial charge in [-0.15, -0.1) is 0 Å². The smallest absolute Gasteiger partial charge is 0.247 e. The zero-order valence-electron chi connectivity index (χ0n) is 12.0. The maximum absolute atomic E-state index is 12.5. The molecule has 0 saturated carbocycles. The summed E-state index contributed by atoms with van der Waals surface area (Å²) in [6, 6.07) is 8.96. The molecule has 1 aromatic rings. The molecule has 0 unspecified atom stereocenters. The van der Waals surface area contributed by atoms with E-state index in [-0.39, 0.29) is 23.9 Å². The SMILES string of the molecule is O=C(Nc1ccccc1)[C@@H]1CCCN1C(=O)[C@@H]1CCCN1. The largest absolute Gasteiger partial charge is 0.329 e. The molecule has 5 nitrogen and oxygen atoms in total. The molecule has 0 aromatic heterocycles. The maximum Gasteiger partial charge on any atom is 0.247 e. The van der Waals surface area contributed by atoms with Gasteiger partial charge in [0.2, 0.25) is 11.8 Å². The molecule has 2 aliphatic heterocycles. The molecule has 112 valence electrons. The van der Waals surface area contributed by atoms with Crippen molar-refractivity contribution >= 4 is 17.5 Å². The molecule has 2 fully saturated rings. The molecule has 2 heterocycles. The van der Waals surface area contributed by atoms with Crippen LogP contribution in [0.15, 0.2) is 30.3 Å². The molecule has 2 atom stereocenters. The van der Waals surface area contributed by atoms with Crippen LogP contribution in [0.3, 0.4) is 0 Å². The number of hydrogen-bond donors (Lipinski definition) is 2. The summed E-state index contributed by atoms with van der Waals surface area (Å²) in [5, 5.41) is 6.13. The van der Waals surface area contributed by atoms with Crippen molar-refractivity contribution in [3.8, 4) is 0 Å². The summed E-state index contributed by atoms with van der Waals surface area (Å²) in [6.07, 6.45) is 3.55. The van der Waals surface area contributed by atoms with E-state index in [1.807, 2.05) is 30.3 Å². The Morgan fingerprint density at radius 2 is 1.95 bits per heavy atom. The summed E-state index contributed by atoms with van der Waals surface area (Å²) in [4.78, 5) is 26.7. The number of rotatable bonds is 3. The first-order valence-corrected chi connectivity index (χ1v) is 7.65. The minimum atomic E-state index is -0.333. The molecule has 21 heavy (non-hydrogen) atoms.